The summed E-state index contributed by atoms with van der Waals surface area (Å²) in [5.41, 5.74) is 1.88. The molecule has 2 aromatic rings. The molecule has 1 heterocycles. The molecule has 1 fully saturated rings. The van der Waals surface area contributed by atoms with Crippen molar-refractivity contribution >= 4 is 40.3 Å². The van der Waals surface area contributed by atoms with Gasteiger partial charge in [0.15, 0.2) is 0 Å². The van der Waals surface area contributed by atoms with Crippen molar-refractivity contribution in [3.63, 3.8) is 0 Å². The number of nitrogens with zero attached hydrogens (tertiary/aromatic N) is 1. The van der Waals surface area contributed by atoms with Crippen molar-refractivity contribution in [2.75, 3.05) is 24.6 Å². The zero-order valence-electron chi connectivity index (χ0n) is 12.7. The minimum Gasteiger partial charge on any atom is -0.488 e. The molecule has 3 rings (SSSR count). The van der Waals surface area contributed by atoms with E-state index in [2.05, 4.69) is 22.6 Å². The number of hydrogen-bond acceptors (Lipinski definition) is 3. The van der Waals surface area contributed by atoms with E-state index in [1.165, 1.54) is 0 Å². The molecule has 0 unspecified atom stereocenters. The van der Waals surface area contributed by atoms with Crippen LogP contribution < -0.4 is 4.74 Å². The Morgan fingerprint density at radius 1 is 1.13 bits per heavy atom. The predicted octanol–water partition coefficient (Wildman–Crippen LogP) is 4.06. The molecule has 0 saturated carbocycles. The molecular formula is C18H18INO2S. The molecule has 1 saturated heterocycles. The van der Waals surface area contributed by atoms with Crippen LogP contribution >= 0.6 is 34.4 Å². The molecule has 3 nitrogen and oxygen atoms in total. The number of thioether (sulfide) groups is 1. The van der Waals surface area contributed by atoms with Gasteiger partial charge in [0.2, 0.25) is 0 Å². The highest BCUT2D eigenvalue weighted by Gasteiger charge is 2.19. The Morgan fingerprint density at radius 3 is 2.57 bits per heavy atom. The average Bonchev–Trinajstić information content (AvgIpc) is 2.61. The van der Waals surface area contributed by atoms with Gasteiger partial charge in [-0.2, -0.15) is 11.8 Å². The second kappa shape index (κ2) is 8.06. The fraction of sp³-hybridized carbons (Fsp3) is 0.278. The van der Waals surface area contributed by atoms with E-state index < -0.39 is 0 Å². The quantitative estimate of drug-likeness (QED) is 0.674. The topological polar surface area (TPSA) is 29.5 Å². The second-order valence-corrected chi connectivity index (χ2v) is 7.71. The zero-order chi connectivity index (χ0) is 16.1. The van der Waals surface area contributed by atoms with Gasteiger partial charge in [-0.15, -0.1) is 0 Å². The molecule has 1 aliphatic rings. The van der Waals surface area contributed by atoms with Crippen molar-refractivity contribution in [2.45, 2.75) is 6.61 Å². The van der Waals surface area contributed by atoms with Gasteiger partial charge in [-0.3, -0.25) is 4.79 Å². The second-order valence-electron chi connectivity index (χ2n) is 5.32. The lowest BCUT2D eigenvalue weighted by Crippen LogP contribution is -2.37. The molecule has 120 valence electrons. The minimum absolute atomic E-state index is 0.123. The van der Waals surface area contributed by atoms with E-state index in [1.54, 1.807) is 0 Å². The summed E-state index contributed by atoms with van der Waals surface area (Å²) in [4.78, 5) is 14.5. The number of halogens is 1. The first-order valence-corrected chi connectivity index (χ1v) is 9.81. The SMILES string of the molecule is O=C(c1ccc(OCc2ccccc2)c(I)c1)N1CCSCC1. The summed E-state index contributed by atoms with van der Waals surface area (Å²) in [6.45, 7) is 2.21. The van der Waals surface area contributed by atoms with Gasteiger partial charge in [0.1, 0.15) is 12.4 Å². The van der Waals surface area contributed by atoms with E-state index in [0.717, 1.165) is 45.0 Å². The first-order chi connectivity index (χ1) is 11.2. The zero-order valence-corrected chi connectivity index (χ0v) is 15.7. The first kappa shape index (κ1) is 16.6. The van der Waals surface area contributed by atoms with Crippen LogP contribution in [0.25, 0.3) is 0 Å². The van der Waals surface area contributed by atoms with Gasteiger partial charge in [-0.05, 0) is 46.4 Å². The van der Waals surface area contributed by atoms with Crippen LogP contribution in [0, 0.1) is 3.57 Å². The first-order valence-electron chi connectivity index (χ1n) is 7.57. The van der Waals surface area contributed by atoms with Crippen molar-refractivity contribution in [1.29, 1.82) is 0 Å². The average molecular weight is 439 g/mol. The molecule has 0 radical (unpaired) electrons. The van der Waals surface area contributed by atoms with Gasteiger partial charge < -0.3 is 9.64 Å². The molecule has 0 atom stereocenters. The smallest absolute Gasteiger partial charge is 0.253 e. The predicted molar refractivity (Wildman–Crippen MR) is 103 cm³/mol. The van der Waals surface area contributed by atoms with E-state index >= 15 is 0 Å². The maximum atomic E-state index is 12.5. The standard InChI is InChI=1S/C18H18INO2S/c19-16-12-15(18(21)20-8-10-23-11-9-20)6-7-17(16)22-13-14-4-2-1-3-5-14/h1-7,12H,8-11,13H2. The van der Waals surface area contributed by atoms with E-state index in [1.807, 2.05) is 65.2 Å². The minimum atomic E-state index is 0.123. The van der Waals surface area contributed by atoms with Crippen LogP contribution in [-0.2, 0) is 6.61 Å². The summed E-state index contributed by atoms with van der Waals surface area (Å²) in [6, 6.07) is 15.8. The fourth-order valence-corrected chi connectivity index (χ4v) is 4.01. The molecule has 1 aliphatic heterocycles. The lowest BCUT2D eigenvalue weighted by atomic mass is 10.2. The number of rotatable bonds is 4. The van der Waals surface area contributed by atoms with E-state index in [0.29, 0.717) is 6.61 Å². The molecule has 1 amide bonds. The van der Waals surface area contributed by atoms with Crippen LogP contribution in [0.4, 0.5) is 0 Å². The molecule has 0 aliphatic carbocycles. The van der Waals surface area contributed by atoms with Crippen molar-refractivity contribution < 1.29 is 9.53 Å². The lowest BCUT2D eigenvalue weighted by Gasteiger charge is -2.26. The number of benzene rings is 2. The van der Waals surface area contributed by atoms with Crippen LogP contribution in [0.2, 0.25) is 0 Å². The van der Waals surface area contributed by atoms with Gasteiger partial charge in [-0.25, -0.2) is 0 Å². The van der Waals surface area contributed by atoms with Crippen molar-refractivity contribution in [1.82, 2.24) is 4.90 Å². The Morgan fingerprint density at radius 2 is 1.87 bits per heavy atom. The third-order valence-corrected chi connectivity index (χ3v) is 5.50. The van der Waals surface area contributed by atoms with Gasteiger partial charge >= 0.3 is 0 Å². The Bertz CT molecular complexity index is 672. The molecule has 0 spiro atoms. The third kappa shape index (κ3) is 4.41. The molecule has 23 heavy (non-hydrogen) atoms. The molecule has 2 aromatic carbocycles. The maximum Gasteiger partial charge on any atom is 0.253 e. The van der Waals surface area contributed by atoms with Crippen molar-refractivity contribution in [3.8, 4) is 5.75 Å². The molecule has 0 N–H and O–H groups in total. The monoisotopic (exact) mass is 439 g/mol. The highest BCUT2D eigenvalue weighted by molar-refractivity contribution is 14.1. The van der Waals surface area contributed by atoms with Gasteiger partial charge in [0, 0.05) is 30.2 Å². The summed E-state index contributed by atoms with van der Waals surface area (Å²) >= 11 is 4.14. The Labute approximate surface area is 154 Å². The number of hydrogen-bond donors (Lipinski definition) is 0. The summed E-state index contributed by atoms with van der Waals surface area (Å²) in [7, 11) is 0. The van der Waals surface area contributed by atoms with E-state index in [-0.39, 0.29) is 5.91 Å². The summed E-state index contributed by atoms with van der Waals surface area (Å²) in [6.07, 6.45) is 0. The van der Waals surface area contributed by atoms with Crippen LogP contribution in [0.5, 0.6) is 5.75 Å². The van der Waals surface area contributed by atoms with Gasteiger partial charge in [-0.1, -0.05) is 30.3 Å². The van der Waals surface area contributed by atoms with Gasteiger partial charge in [0.05, 0.1) is 3.57 Å². The molecule has 0 bridgehead atoms. The lowest BCUT2D eigenvalue weighted by molar-refractivity contribution is 0.0772. The van der Waals surface area contributed by atoms with E-state index in [4.69, 9.17) is 4.74 Å². The number of ether oxygens (including phenoxy) is 1. The highest BCUT2D eigenvalue weighted by atomic mass is 127. The Kier molecular flexibility index (Phi) is 5.83. The summed E-state index contributed by atoms with van der Waals surface area (Å²) in [5.74, 6) is 3.00. The van der Waals surface area contributed by atoms with Crippen LogP contribution in [-0.4, -0.2) is 35.4 Å². The third-order valence-electron chi connectivity index (χ3n) is 3.71. The normalized spacial score (nSPS) is 14.6. The van der Waals surface area contributed by atoms with Crippen LogP contribution in [0.15, 0.2) is 48.5 Å². The molecule has 5 heteroatoms. The Hall–Kier alpha value is -1.21. The largest absolute Gasteiger partial charge is 0.488 e. The van der Waals surface area contributed by atoms with Crippen LogP contribution in [0.1, 0.15) is 15.9 Å². The highest BCUT2D eigenvalue weighted by Crippen LogP contribution is 2.24. The summed E-state index contributed by atoms with van der Waals surface area (Å²) < 4.78 is 6.84. The summed E-state index contributed by atoms with van der Waals surface area (Å²) in [5, 5.41) is 0. The molecule has 0 aromatic heterocycles. The maximum absolute atomic E-state index is 12.5. The number of amides is 1. The van der Waals surface area contributed by atoms with Crippen LogP contribution in [0.3, 0.4) is 0 Å². The number of carbonyl (C=O) groups excluding carboxylic acids is 1. The van der Waals surface area contributed by atoms with Crippen molar-refractivity contribution in [3.05, 3.63) is 63.2 Å². The van der Waals surface area contributed by atoms with Gasteiger partial charge in [0.25, 0.3) is 5.91 Å². The van der Waals surface area contributed by atoms with Crippen molar-refractivity contribution in [2.24, 2.45) is 0 Å². The van der Waals surface area contributed by atoms with E-state index in [9.17, 15) is 4.79 Å². The Balaban J connectivity index is 1.66. The number of carbonyl (C=O) groups is 1. The molecular weight excluding hydrogens is 421 g/mol. The fourth-order valence-electron chi connectivity index (χ4n) is 2.44.